The number of ketones is 1. The zero-order chi connectivity index (χ0) is 19.0. The van der Waals surface area contributed by atoms with E-state index < -0.39 is 0 Å². The van der Waals surface area contributed by atoms with Gasteiger partial charge in [0.15, 0.2) is 11.5 Å². The highest BCUT2D eigenvalue weighted by molar-refractivity contribution is 5.82. The van der Waals surface area contributed by atoms with Crippen LogP contribution < -0.4 is 9.47 Å². The number of hydrogen-bond acceptors (Lipinski definition) is 4. The first-order chi connectivity index (χ1) is 13.1. The summed E-state index contributed by atoms with van der Waals surface area (Å²) >= 11 is 0. The molecule has 0 spiro atoms. The van der Waals surface area contributed by atoms with E-state index in [0.29, 0.717) is 18.6 Å². The zero-order valence-corrected chi connectivity index (χ0v) is 16.3. The molecule has 0 N–H and O–H groups in total. The van der Waals surface area contributed by atoms with Crippen LogP contribution in [-0.4, -0.2) is 44.5 Å². The molecule has 27 heavy (non-hydrogen) atoms. The number of hydrogen-bond donors (Lipinski definition) is 0. The van der Waals surface area contributed by atoms with E-state index in [0.717, 1.165) is 24.5 Å². The number of benzene rings is 2. The zero-order valence-electron chi connectivity index (χ0n) is 16.3. The number of Topliss-reactive ketones (excluding diaryl/α,β-unsaturated/α-hetero) is 1. The minimum atomic E-state index is -0.0937. The van der Waals surface area contributed by atoms with E-state index in [2.05, 4.69) is 48.3 Å². The van der Waals surface area contributed by atoms with Gasteiger partial charge in [0.25, 0.3) is 0 Å². The number of fused-ring (bicyclic) bond motifs is 1. The lowest BCUT2D eigenvalue weighted by Gasteiger charge is -2.47. The van der Waals surface area contributed by atoms with Crippen molar-refractivity contribution in [3.63, 3.8) is 0 Å². The van der Waals surface area contributed by atoms with Gasteiger partial charge in [-0.15, -0.1) is 0 Å². The van der Waals surface area contributed by atoms with Crippen LogP contribution >= 0.6 is 0 Å². The van der Waals surface area contributed by atoms with Gasteiger partial charge < -0.3 is 14.4 Å². The second kappa shape index (κ2) is 7.01. The monoisotopic (exact) mass is 365 g/mol. The molecule has 1 saturated carbocycles. The number of rotatable bonds is 4. The first kappa shape index (κ1) is 18.1. The summed E-state index contributed by atoms with van der Waals surface area (Å²) in [5.74, 6) is 2.02. The average molecular weight is 365 g/mol. The van der Waals surface area contributed by atoms with Crippen molar-refractivity contribution < 1.29 is 14.3 Å². The molecule has 4 heteroatoms. The van der Waals surface area contributed by atoms with E-state index >= 15 is 0 Å². The SMILES string of the molecule is COc1ccc([C@@]23CCN(C)[C@@H]2CC(=O)C[C@@H]3c2ccccc2)cc1OC. The fourth-order valence-corrected chi connectivity index (χ4v) is 5.29. The van der Waals surface area contributed by atoms with Gasteiger partial charge in [0.1, 0.15) is 5.78 Å². The van der Waals surface area contributed by atoms with Crippen LogP contribution in [0.15, 0.2) is 48.5 Å². The van der Waals surface area contributed by atoms with Crippen molar-refractivity contribution in [2.75, 3.05) is 27.8 Å². The molecule has 4 rings (SSSR count). The molecule has 142 valence electrons. The maximum Gasteiger partial charge on any atom is 0.161 e. The third-order valence-corrected chi connectivity index (χ3v) is 6.60. The van der Waals surface area contributed by atoms with Crippen molar-refractivity contribution in [3.8, 4) is 11.5 Å². The quantitative estimate of drug-likeness (QED) is 0.826. The van der Waals surface area contributed by atoms with Crippen LogP contribution in [0.5, 0.6) is 11.5 Å². The van der Waals surface area contributed by atoms with E-state index in [4.69, 9.17) is 9.47 Å². The molecule has 1 heterocycles. The van der Waals surface area contributed by atoms with Crippen LogP contribution in [-0.2, 0) is 10.2 Å². The fourth-order valence-electron chi connectivity index (χ4n) is 5.29. The molecule has 1 aliphatic heterocycles. The molecular formula is C23H27NO3. The van der Waals surface area contributed by atoms with Gasteiger partial charge in [-0.3, -0.25) is 4.79 Å². The predicted octanol–water partition coefficient (Wildman–Crippen LogP) is 3.79. The van der Waals surface area contributed by atoms with Gasteiger partial charge in [0, 0.05) is 30.2 Å². The summed E-state index contributed by atoms with van der Waals surface area (Å²) in [4.78, 5) is 15.0. The second-order valence-electron chi connectivity index (χ2n) is 7.77. The summed E-state index contributed by atoms with van der Waals surface area (Å²) in [5, 5.41) is 0. The minimum Gasteiger partial charge on any atom is -0.493 e. The number of nitrogens with zero attached hydrogens (tertiary/aromatic N) is 1. The van der Waals surface area contributed by atoms with Crippen LogP contribution in [0.25, 0.3) is 0 Å². The van der Waals surface area contributed by atoms with E-state index in [1.807, 2.05) is 12.1 Å². The molecule has 2 fully saturated rings. The van der Waals surface area contributed by atoms with Gasteiger partial charge in [-0.25, -0.2) is 0 Å². The Balaban J connectivity index is 1.90. The van der Waals surface area contributed by atoms with E-state index in [1.165, 1.54) is 11.1 Å². The molecule has 1 saturated heterocycles. The van der Waals surface area contributed by atoms with Gasteiger partial charge in [-0.1, -0.05) is 36.4 Å². The summed E-state index contributed by atoms with van der Waals surface area (Å²) in [6, 6.07) is 17.0. The smallest absolute Gasteiger partial charge is 0.161 e. The molecule has 4 nitrogen and oxygen atoms in total. The Kier molecular flexibility index (Phi) is 4.68. The molecule has 1 aliphatic carbocycles. The molecule has 2 aromatic carbocycles. The summed E-state index contributed by atoms with van der Waals surface area (Å²) in [6.45, 7) is 0.996. The fraction of sp³-hybridized carbons (Fsp3) is 0.435. The summed E-state index contributed by atoms with van der Waals surface area (Å²) in [5.41, 5.74) is 2.40. The number of methoxy groups -OCH3 is 2. The summed E-state index contributed by atoms with van der Waals surface area (Å²) < 4.78 is 11.0. The third kappa shape index (κ3) is 2.83. The first-order valence-electron chi connectivity index (χ1n) is 9.59. The first-order valence-corrected chi connectivity index (χ1v) is 9.59. The largest absolute Gasteiger partial charge is 0.493 e. The maximum atomic E-state index is 12.7. The Hall–Kier alpha value is -2.33. The number of carbonyl (C=O) groups is 1. The number of ether oxygens (including phenoxy) is 2. The Labute approximate surface area is 161 Å². The average Bonchev–Trinajstić information content (AvgIpc) is 3.05. The second-order valence-corrected chi connectivity index (χ2v) is 7.77. The Morgan fingerprint density at radius 3 is 2.44 bits per heavy atom. The van der Waals surface area contributed by atoms with Gasteiger partial charge in [0.2, 0.25) is 0 Å². The Morgan fingerprint density at radius 2 is 1.74 bits per heavy atom. The molecule has 0 radical (unpaired) electrons. The molecular weight excluding hydrogens is 338 g/mol. The van der Waals surface area contributed by atoms with E-state index in [-0.39, 0.29) is 17.4 Å². The standard InChI is InChI=1S/C23H27NO3/c1-24-12-11-23(17-9-10-20(26-2)21(13-17)27-3)19(14-18(25)15-22(23)24)16-7-5-4-6-8-16/h4-10,13,19,22H,11-12,14-15H2,1-3H3/t19-,22-,23-/m1/s1. The van der Waals surface area contributed by atoms with E-state index in [1.54, 1.807) is 14.2 Å². The molecule has 3 atom stereocenters. The molecule has 0 unspecified atom stereocenters. The highest BCUT2D eigenvalue weighted by Gasteiger charge is 2.56. The lowest BCUT2D eigenvalue weighted by molar-refractivity contribution is -0.123. The topological polar surface area (TPSA) is 38.8 Å². The third-order valence-electron chi connectivity index (χ3n) is 6.60. The van der Waals surface area contributed by atoms with Crippen molar-refractivity contribution in [1.82, 2.24) is 4.90 Å². The molecule has 0 amide bonds. The number of carbonyl (C=O) groups excluding carboxylic acids is 1. The van der Waals surface area contributed by atoms with Crippen molar-refractivity contribution in [2.45, 2.75) is 36.6 Å². The van der Waals surface area contributed by atoms with Crippen molar-refractivity contribution >= 4 is 5.78 Å². The van der Waals surface area contributed by atoms with Crippen molar-refractivity contribution in [3.05, 3.63) is 59.7 Å². The lowest BCUT2D eigenvalue weighted by atomic mass is 9.57. The Morgan fingerprint density at radius 1 is 1.00 bits per heavy atom. The van der Waals surface area contributed by atoms with Crippen LogP contribution in [0.1, 0.15) is 36.3 Å². The maximum absolute atomic E-state index is 12.7. The van der Waals surface area contributed by atoms with Crippen LogP contribution in [0.4, 0.5) is 0 Å². The molecule has 0 bridgehead atoms. The van der Waals surface area contributed by atoms with Gasteiger partial charge >= 0.3 is 0 Å². The van der Waals surface area contributed by atoms with Crippen LogP contribution in [0.2, 0.25) is 0 Å². The van der Waals surface area contributed by atoms with Gasteiger partial charge in [-0.05, 0) is 43.3 Å². The van der Waals surface area contributed by atoms with Gasteiger partial charge in [-0.2, -0.15) is 0 Å². The van der Waals surface area contributed by atoms with Crippen LogP contribution in [0.3, 0.4) is 0 Å². The molecule has 2 aromatic rings. The molecule has 2 aliphatic rings. The van der Waals surface area contributed by atoms with Gasteiger partial charge in [0.05, 0.1) is 14.2 Å². The Bertz CT molecular complexity index is 835. The highest BCUT2D eigenvalue weighted by atomic mass is 16.5. The van der Waals surface area contributed by atoms with Crippen LogP contribution in [0, 0.1) is 0 Å². The normalized spacial score (nSPS) is 28.0. The van der Waals surface area contributed by atoms with Crippen molar-refractivity contribution in [2.24, 2.45) is 0 Å². The molecule has 0 aromatic heterocycles. The highest BCUT2D eigenvalue weighted by Crippen LogP contribution is 2.55. The summed E-state index contributed by atoms with van der Waals surface area (Å²) in [7, 11) is 5.48. The number of likely N-dealkylation sites (N-methyl/N-ethyl adjacent to an activating group) is 1. The summed E-state index contributed by atoms with van der Waals surface area (Å²) in [6.07, 6.45) is 2.26. The minimum absolute atomic E-state index is 0.0937. The predicted molar refractivity (Wildman–Crippen MR) is 106 cm³/mol. The van der Waals surface area contributed by atoms with E-state index in [9.17, 15) is 4.79 Å². The number of likely N-dealkylation sites (tertiary alicyclic amines) is 1. The lowest BCUT2D eigenvalue weighted by Crippen LogP contribution is -2.50. The van der Waals surface area contributed by atoms with Crippen molar-refractivity contribution in [1.29, 1.82) is 0 Å².